The van der Waals surface area contributed by atoms with Gasteiger partial charge < -0.3 is 16.0 Å². The molecule has 5 heteroatoms. The molecule has 0 aromatic heterocycles. The van der Waals surface area contributed by atoms with Crippen LogP contribution in [0.15, 0.2) is 0 Å². The highest BCUT2D eigenvalue weighted by Gasteiger charge is 2.16. The van der Waals surface area contributed by atoms with Crippen molar-refractivity contribution in [2.24, 2.45) is 0 Å². The van der Waals surface area contributed by atoms with Gasteiger partial charge in [-0.05, 0) is 20.3 Å². The van der Waals surface area contributed by atoms with E-state index in [9.17, 15) is 9.59 Å². The number of hydrogen-bond donors (Lipinski definition) is 3. The van der Waals surface area contributed by atoms with E-state index in [0.29, 0.717) is 13.1 Å². The molecular formula is C11H23N3O2. The molecule has 94 valence electrons. The highest BCUT2D eigenvalue weighted by molar-refractivity contribution is 5.78. The molecule has 0 radical (unpaired) electrons. The summed E-state index contributed by atoms with van der Waals surface area (Å²) in [6, 6.07) is 0. The monoisotopic (exact) mass is 229 g/mol. The second-order valence-electron chi connectivity index (χ2n) is 4.45. The van der Waals surface area contributed by atoms with Crippen LogP contribution in [-0.2, 0) is 9.59 Å². The van der Waals surface area contributed by atoms with E-state index in [1.807, 2.05) is 20.8 Å². The molecule has 0 aromatic carbocycles. The van der Waals surface area contributed by atoms with E-state index in [-0.39, 0.29) is 23.9 Å². The van der Waals surface area contributed by atoms with Crippen molar-refractivity contribution in [2.75, 3.05) is 19.6 Å². The minimum atomic E-state index is -0.156. The van der Waals surface area contributed by atoms with Crippen molar-refractivity contribution in [3.05, 3.63) is 0 Å². The first-order valence-electron chi connectivity index (χ1n) is 5.63. The Hall–Kier alpha value is -1.10. The lowest BCUT2D eigenvalue weighted by molar-refractivity contribution is -0.121. The van der Waals surface area contributed by atoms with E-state index in [0.717, 1.165) is 6.42 Å². The van der Waals surface area contributed by atoms with Crippen LogP contribution in [0.1, 0.15) is 34.1 Å². The zero-order chi connectivity index (χ0) is 12.6. The Morgan fingerprint density at radius 1 is 1.19 bits per heavy atom. The Bertz CT molecular complexity index is 239. The topological polar surface area (TPSA) is 70.2 Å². The second-order valence-corrected chi connectivity index (χ2v) is 4.45. The summed E-state index contributed by atoms with van der Waals surface area (Å²) < 4.78 is 0. The first-order chi connectivity index (χ1) is 7.37. The van der Waals surface area contributed by atoms with Gasteiger partial charge in [0.15, 0.2) is 0 Å². The summed E-state index contributed by atoms with van der Waals surface area (Å²) in [5.41, 5.74) is -0.156. The van der Waals surface area contributed by atoms with Gasteiger partial charge in [-0.15, -0.1) is 0 Å². The van der Waals surface area contributed by atoms with E-state index in [1.54, 1.807) is 0 Å². The van der Waals surface area contributed by atoms with Gasteiger partial charge in [-0.1, -0.05) is 6.92 Å². The Balaban J connectivity index is 3.55. The third-order valence-electron chi connectivity index (χ3n) is 2.32. The average molecular weight is 229 g/mol. The molecule has 0 aromatic rings. The molecule has 0 unspecified atom stereocenters. The molecule has 5 nitrogen and oxygen atoms in total. The van der Waals surface area contributed by atoms with Crippen LogP contribution in [0.5, 0.6) is 0 Å². The number of hydrogen-bond acceptors (Lipinski definition) is 3. The first-order valence-corrected chi connectivity index (χ1v) is 5.63. The number of nitrogens with one attached hydrogen (secondary N) is 3. The molecule has 0 heterocycles. The van der Waals surface area contributed by atoms with Crippen molar-refractivity contribution < 1.29 is 9.59 Å². The second kappa shape index (κ2) is 7.22. The minimum absolute atomic E-state index is 0.0188. The van der Waals surface area contributed by atoms with Crippen LogP contribution in [0, 0.1) is 0 Å². The van der Waals surface area contributed by atoms with Gasteiger partial charge in [0, 0.05) is 25.6 Å². The number of amides is 2. The number of carbonyl (C=O) groups excluding carboxylic acids is 2. The van der Waals surface area contributed by atoms with Crippen LogP contribution in [0.2, 0.25) is 0 Å². The van der Waals surface area contributed by atoms with E-state index < -0.39 is 0 Å². The SMILES string of the molecule is CCC(C)(C)NC(=O)CNCCNC(C)=O. The van der Waals surface area contributed by atoms with Crippen molar-refractivity contribution in [2.45, 2.75) is 39.7 Å². The van der Waals surface area contributed by atoms with Gasteiger partial charge >= 0.3 is 0 Å². The van der Waals surface area contributed by atoms with Crippen molar-refractivity contribution in [3.63, 3.8) is 0 Å². The first kappa shape index (κ1) is 14.9. The van der Waals surface area contributed by atoms with Crippen LogP contribution in [0.4, 0.5) is 0 Å². The van der Waals surface area contributed by atoms with Crippen molar-refractivity contribution >= 4 is 11.8 Å². The smallest absolute Gasteiger partial charge is 0.234 e. The van der Waals surface area contributed by atoms with Crippen molar-refractivity contribution in [1.29, 1.82) is 0 Å². The molecule has 0 aliphatic rings. The lowest BCUT2D eigenvalue weighted by Gasteiger charge is -2.24. The van der Waals surface area contributed by atoms with Crippen LogP contribution in [0.25, 0.3) is 0 Å². The zero-order valence-electron chi connectivity index (χ0n) is 10.6. The van der Waals surface area contributed by atoms with Crippen LogP contribution < -0.4 is 16.0 Å². The third-order valence-corrected chi connectivity index (χ3v) is 2.32. The number of rotatable bonds is 7. The maximum Gasteiger partial charge on any atom is 0.234 e. The van der Waals surface area contributed by atoms with Crippen LogP contribution >= 0.6 is 0 Å². The van der Waals surface area contributed by atoms with Crippen LogP contribution in [-0.4, -0.2) is 37.0 Å². The Morgan fingerprint density at radius 2 is 1.81 bits per heavy atom. The summed E-state index contributed by atoms with van der Waals surface area (Å²) in [5.74, 6) is -0.0759. The quantitative estimate of drug-likeness (QED) is 0.539. The maximum atomic E-state index is 11.5. The van der Waals surface area contributed by atoms with E-state index in [1.165, 1.54) is 6.92 Å². The van der Waals surface area contributed by atoms with E-state index in [2.05, 4.69) is 16.0 Å². The minimum Gasteiger partial charge on any atom is -0.355 e. The fraction of sp³-hybridized carbons (Fsp3) is 0.818. The Kier molecular flexibility index (Phi) is 6.72. The third kappa shape index (κ3) is 8.23. The fourth-order valence-corrected chi connectivity index (χ4v) is 1.04. The van der Waals surface area contributed by atoms with Gasteiger partial charge in [0.1, 0.15) is 0 Å². The van der Waals surface area contributed by atoms with Gasteiger partial charge in [0.05, 0.1) is 6.54 Å². The predicted molar refractivity (Wildman–Crippen MR) is 64.1 cm³/mol. The summed E-state index contributed by atoms with van der Waals surface area (Å²) >= 11 is 0. The maximum absolute atomic E-state index is 11.5. The molecule has 3 N–H and O–H groups in total. The fourth-order valence-electron chi connectivity index (χ4n) is 1.04. The highest BCUT2D eigenvalue weighted by atomic mass is 16.2. The summed E-state index contributed by atoms with van der Waals surface area (Å²) in [5, 5.41) is 8.52. The molecule has 2 amide bonds. The van der Waals surface area contributed by atoms with Crippen molar-refractivity contribution in [1.82, 2.24) is 16.0 Å². The van der Waals surface area contributed by atoms with Gasteiger partial charge in [-0.3, -0.25) is 9.59 Å². The van der Waals surface area contributed by atoms with Gasteiger partial charge in [0.25, 0.3) is 0 Å². The lowest BCUT2D eigenvalue weighted by Crippen LogP contribution is -2.47. The molecule has 0 aliphatic heterocycles. The molecule has 0 spiro atoms. The molecule has 0 fully saturated rings. The molecule has 16 heavy (non-hydrogen) atoms. The summed E-state index contributed by atoms with van der Waals surface area (Å²) in [6.45, 7) is 8.90. The van der Waals surface area contributed by atoms with E-state index in [4.69, 9.17) is 0 Å². The summed E-state index contributed by atoms with van der Waals surface area (Å²) in [7, 11) is 0. The average Bonchev–Trinajstić information content (AvgIpc) is 2.16. The summed E-state index contributed by atoms with van der Waals surface area (Å²) in [6.07, 6.45) is 0.893. The standard InChI is InChI=1S/C11H23N3O2/c1-5-11(3,4)14-10(16)8-12-6-7-13-9(2)15/h12H,5-8H2,1-4H3,(H,13,15)(H,14,16). The molecular weight excluding hydrogens is 206 g/mol. The zero-order valence-corrected chi connectivity index (χ0v) is 10.6. The van der Waals surface area contributed by atoms with Gasteiger partial charge in [-0.25, -0.2) is 0 Å². The highest BCUT2D eigenvalue weighted by Crippen LogP contribution is 2.05. The molecule has 0 saturated heterocycles. The van der Waals surface area contributed by atoms with E-state index >= 15 is 0 Å². The number of carbonyl (C=O) groups is 2. The predicted octanol–water partition coefficient (Wildman–Crippen LogP) is 0.0169. The molecule has 0 bridgehead atoms. The van der Waals surface area contributed by atoms with Gasteiger partial charge in [0.2, 0.25) is 11.8 Å². The van der Waals surface area contributed by atoms with Crippen molar-refractivity contribution in [3.8, 4) is 0 Å². The summed E-state index contributed by atoms with van der Waals surface area (Å²) in [4.78, 5) is 22.0. The van der Waals surface area contributed by atoms with Gasteiger partial charge in [-0.2, -0.15) is 0 Å². The molecule has 0 atom stereocenters. The molecule has 0 aliphatic carbocycles. The lowest BCUT2D eigenvalue weighted by atomic mass is 10.0. The largest absolute Gasteiger partial charge is 0.355 e. The van der Waals surface area contributed by atoms with Crippen LogP contribution in [0.3, 0.4) is 0 Å². The Labute approximate surface area is 97.4 Å². The normalized spacial score (nSPS) is 11.0. The molecule has 0 saturated carbocycles. The molecule has 0 rings (SSSR count). The Morgan fingerprint density at radius 3 is 2.31 bits per heavy atom.